The van der Waals surface area contributed by atoms with Crippen molar-refractivity contribution in [1.29, 1.82) is 0 Å². The Morgan fingerprint density at radius 1 is 1.08 bits per heavy atom. The van der Waals surface area contributed by atoms with E-state index in [1.165, 1.54) is 0 Å². The van der Waals surface area contributed by atoms with Gasteiger partial charge >= 0.3 is 0 Å². The van der Waals surface area contributed by atoms with E-state index in [1.807, 2.05) is 42.5 Å². The second kappa shape index (κ2) is 7.45. The van der Waals surface area contributed by atoms with Gasteiger partial charge in [-0.25, -0.2) is 13.1 Å². The Labute approximate surface area is 149 Å². The fraction of sp³-hybridized carbons (Fsp3) is 0.368. The lowest BCUT2D eigenvalue weighted by molar-refractivity contribution is 0.354. The van der Waals surface area contributed by atoms with Gasteiger partial charge in [0.25, 0.3) is 0 Å². The van der Waals surface area contributed by atoms with E-state index in [1.54, 1.807) is 14.2 Å². The van der Waals surface area contributed by atoms with Crippen LogP contribution in [-0.2, 0) is 22.9 Å². The minimum Gasteiger partial charge on any atom is -0.493 e. The van der Waals surface area contributed by atoms with Crippen molar-refractivity contribution in [3.63, 3.8) is 0 Å². The van der Waals surface area contributed by atoms with Gasteiger partial charge in [-0.1, -0.05) is 30.3 Å². The second-order valence-electron chi connectivity index (χ2n) is 6.17. The first-order valence-corrected chi connectivity index (χ1v) is 9.96. The molecule has 6 heteroatoms. The molecule has 0 saturated heterocycles. The average molecular weight is 361 g/mol. The lowest BCUT2D eigenvalue weighted by atomic mass is 10.1. The van der Waals surface area contributed by atoms with Gasteiger partial charge in [0.1, 0.15) is 0 Å². The molecule has 3 rings (SSSR count). The maximum absolute atomic E-state index is 12.5. The predicted octanol–water partition coefficient (Wildman–Crippen LogP) is 2.85. The van der Waals surface area contributed by atoms with E-state index in [0.717, 1.165) is 29.5 Å². The third-order valence-electron chi connectivity index (χ3n) is 4.55. The average Bonchev–Trinajstić information content (AvgIpc) is 3.01. The largest absolute Gasteiger partial charge is 0.493 e. The number of sulfonamides is 1. The van der Waals surface area contributed by atoms with Gasteiger partial charge in [-0.15, -0.1) is 0 Å². The van der Waals surface area contributed by atoms with Crippen LogP contribution in [-0.4, -0.2) is 28.4 Å². The van der Waals surface area contributed by atoms with Crippen molar-refractivity contribution in [2.45, 2.75) is 25.3 Å². The van der Waals surface area contributed by atoms with Crippen LogP contribution in [0.25, 0.3) is 0 Å². The molecular formula is C19H23NO4S. The van der Waals surface area contributed by atoms with Gasteiger partial charge in [-0.2, -0.15) is 0 Å². The van der Waals surface area contributed by atoms with Gasteiger partial charge in [0.05, 0.1) is 20.0 Å². The summed E-state index contributed by atoms with van der Waals surface area (Å²) in [5.41, 5.74) is 3.10. The summed E-state index contributed by atoms with van der Waals surface area (Å²) >= 11 is 0. The van der Waals surface area contributed by atoms with E-state index < -0.39 is 10.0 Å². The fourth-order valence-electron chi connectivity index (χ4n) is 3.23. The molecule has 0 radical (unpaired) electrons. The smallest absolute Gasteiger partial charge is 0.212 e. The van der Waals surface area contributed by atoms with E-state index in [2.05, 4.69) is 4.72 Å². The highest BCUT2D eigenvalue weighted by molar-refractivity contribution is 7.89. The van der Waals surface area contributed by atoms with Crippen LogP contribution in [0.5, 0.6) is 11.5 Å². The normalized spacial score (nSPS) is 16.5. The Hall–Kier alpha value is -2.05. The first kappa shape index (κ1) is 17.8. The highest BCUT2D eigenvalue weighted by Crippen LogP contribution is 2.39. The zero-order chi connectivity index (χ0) is 17.9. The Morgan fingerprint density at radius 3 is 2.44 bits per heavy atom. The monoisotopic (exact) mass is 361 g/mol. The fourth-order valence-corrected chi connectivity index (χ4v) is 4.53. The number of ether oxygens (including phenoxy) is 2. The van der Waals surface area contributed by atoms with Gasteiger partial charge in [0.2, 0.25) is 10.0 Å². The molecule has 0 spiro atoms. The van der Waals surface area contributed by atoms with Crippen LogP contribution in [0.2, 0.25) is 0 Å². The van der Waals surface area contributed by atoms with Gasteiger partial charge in [-0.05, 0) is 48.1 Å². The SMILES string of the molecule is COc1cc2c(cc1OC)C(NS(=O)(=O)CCc1ccccc1)CC2. The number of benzene rings is 2. The van der Waals surface area contributed by atoms with Crippen LogP contribution >= 0.6 is 0 Å². The highest BCUT2D eigenvalue weighted by Gasteiger charge is 2.28. The Bertz CT molecular complexity index is 834. The topological polar surface area (TPSA) is 64.6 Å². The van der Waals surface area contributed by atoms with Crippen molar-refractivity contribution >= 4 is 10.0 Å². The first-order valence-electron chi connectivity index (χ1n) is 8.31. The molecule has 1 aliphatic rings. The number of nitrogens with one attached hydrogen (secondary N) is 1. The minimum atomic E-state index is -3.36. The molecule has 0 aromatic heterocycles. The molecule has 0 fully saturated rings. The highest BCUT2D eigenvalue weighted by atomic mass is 32.2. The quantitative estimate of drug-likeness (QED) is 0.824. The Morgan fingerprint density at radius 2 is 1.76 bits per heavy atom. The molecule has 2 aromatic carbocycles. The van der Waals surface area contributed by atoms with Crippen molar-refractivity contribution in [2.24, 2.45) is 0 Å². The summed E-state index contributed by atoms with van der Waals surface area (Å²) in [6.07, 6.45) is 2.07. The van der Waals surface area contributed by atoms with Crippen molar-refractivity contribution < 1.29 is 17.9 Å². The summed E-state index contributed by atoms with van der Waals surface area (Å²) in [5.74, 6) is 1.38. The summed E-state index contributed by atoms with van der Waals surface area (Å²) in [4.78, 5) is 0. The number of rotatable bonds is 7. The molecule has 0 amide bonds. The van der Waals surface area contributed by atoms with Crippen molar-refractivity contribution in [3.8, 4) is 11.5 Å². The van der Waals surface area contributed by atoms with Gasteiger partial charge in [0, 0.05) is 6.04 Å². The Kier molecular flexibility index (Phi) is 5.30. The molecule has 1 atom stereocenters. The van der Waals surface area contributed by atoms with Gasteiger partial charge in [0.15, 0.2) is 11.5 Å². The molecule has 0 heterocycles. The van der Waals surface area contributed by atoms with E-state index in [0.29, 0.717) is 17.9 Å². The zero-order valence-corrected chi connectivity index (χ0v) is 15.3. The number of methoxy groups -OCH3 is 2. The standard InChI is InChI=1S/C19H23NO4S/c1-23-18-12-15-8-9-17(16(15)13-19(18)24-2)20-25(21,22)11-10-14-6-4-3-5-7-14/h3-7,12-13,17,20H,8-11H2,1-2H3. The molecule has 0 aliphatic heterocycles. The molecule has 0 saturated carbocycles. The van der Waals surface area contributed by atoms with E-state index in [4.69, 9.17) is 9.47 Å². The van der Waals surface area contributed by atoms with Crippen LogP contribution in [0.15, 0.2) is 42.5 Å². The van der Waals surface area contributed by atoms with E-state index >= 15 is 0 Å². The number of aryl methyl sites for hydroxylation is 2. The van der Waals surface area contributed by atoms with Crippen LogP contribution in [0.3, 0.4) is 0 Å². The molecule has 2 aromatic rings. The maximum atomic E-state index is 12.5. The van der Waals surface area contributed by atoms with E-state index in [-0.39, 0.29) is 11.8 Å². The Balaban J connectivity index is 1.72. The van der Waals surface area contributed by atoms with Crippen LogP contribution in [0.1, 0.15) is 29.2 Å². The third-order valence-corrected chi connectivity index (χ3v) is 5.93. The summed E-state index contributed by atoms with van der Waals surface area (Å²) in [6.45, 7) is 0. The van der Waals surface area contributed by atoms with Crippen LogP contribution in [0, 0.1) is 0 Å². The summed E-state index contributed by atoms with van der Waals surface area (Å²) in [6, 6.07) is 13.3. The van der Waals surface area contributed by atoms with Crippen molar-refractivity contribution in [1.82, 2.24) is 4.72 Å². The van der Waals surface area contributed by atoms with Crippen molar-refractivity contribution in [2.75, 3.05) is 20.0 Å². The molecule has 1 N–H and O–H groups in total. The molecule has 25 heavy (non-hydrogen) atoms. The molecule has 1 aliphatic carbocycles. The number of fused-ring (bicyclic) bond motifs is 1. The first-order chi connectivity index (χ1) is 12.0. The summed E-state index contributed by atoms with van der Waals surface area (Å²) < 4.78 is 38.5. The third kappa shape index (κ3) is 4.14. The number of hydrogen-bond donors (Lipinski definition) is 1. The van der Waals surface area contributed by atoms with E-state index in [9.17, 15) is 8.42 Å². The van der Waals surface area contributed by atoms with Gasteiger partial charge < -0.3 is 9.47 Å². The van der Waals surface area contributed by atoms with Crippen molar-refractivity contribution in [3.05, 3.63) is 59.2 Å². The van der Waals surface area contributed by atoms with Crippen LogP contribution < -0.4 is 14.2 Å². The maximum Gasteiger partial charge on any atom is 0.212 e. The lowest BCUT2D eigenvalue weighted by Crippen LogP contribution is -2.30. The summed E-state index contributed by atoms with van der Waals surface area (Å²) in [7, 11) is -0.181. The molecular weight excluding hydrogens is 338 g/mol. The van der Waals surface area contributed by atoms with Crippen LogP contribution in [0.4, 0.5) is 0 Å². The molecule has 1 unspecified atom stereocenters. The predicted molar refractivity (Wildman–Crippen MR) is 97.7 cm³/mol. The molecule has 134 valence electrons. The molecule has 5 nitrogen and oxygen atoms in total. The van der Waals surface area contributed by atoms with Gasteiger partial charge in [-0.3, -0.25) is 0 Å². The lowest BCUT2D eigenvalue weighted by Gasteiger charge is -2.16. The summed E-state index contributed by atoms with van der Waals surface area (Å²) in [5, 5.41) is 0. The minimum absolute atomic E-state index is 0.0795. The second-order valence-corrected chi connectivity index (χ2v) is 8.04. The zero-order valence-electron chi connectivity index (χ0n) is 14.5. The molecule has 0 bridgehead atoms. The number of hydrogen-bond acceptors (Lipinski definition) is 4.